The summed E-state index contributed by atoms with van der Waals surface area (Å²) in [7, 11) is 1.77. The van der Waals surface area contributed by atoms with Crippen LogP contribution in [-0.2, 0) is 0 Å². The molecule has 1 fully saturated rings. The van der Waals surface area contributed by atoms with Gasteiger partial charge in [0.2, 0.25) is 0 Å². The molecule has 1 aromatic carbocycles. The normalized spacial score (nSPS) is 18.2. The molecule has 0 saturated carbocycles. The molecule has 1 heterocycles. The predicted molar refractivity (Wildman–Crippen MR) is 92.0 cm³/mol. The molecule has 0 spiro atoms. The highest BCUT2D eigenvalue weighted by molar-refractivity contribution is 9.10. The van der Waals surface area contributed by atoms with Gasteiger partial charge in [0.15, 0.2) is 0 Å². The summed E-state index contributed by atoms with van der Waals surface area (Å²) in [6, 6.07) is 6.83. The van der Waals surface area contributed by atoms with Crippen molar-refractivity contribution in [3.63, 3.8) is 0 Å². The molecule has 0 bridgehead atoms. The lowest BCUT2D eigenvalue weighted by Gasteiger charge is -2.32. The van der Waals surface area contributed by atoms with Gasteiger partial charge in [-0.25, -0.2) is 0 Å². The van der Waals surface area contributed by atoms with Gasteiger partial charge in [-0.05, 0) is 37.6 Å². The number of unbranched alkanes of at least 4 members (excludes halogenated alkanes) is 1. The Balaban J connectivity index is 2.27. The Hall–Kier alpha value is -0.580. The summed E-state index contributed by atoms with van der Waals surface area (Å²) in [5.41, 5.74) is 1.32. The first-order valence-electron chi connectivity index (χ1n) is 8.04. The second-order valence-corrected chi connectivity index (χ2v) is 6.60. The van der Waals surface area contributed by atoms with E-state index in [0.29, 0.717) is 6.04 Å². The van der Waals surface area contributed by atoms with Crippen LogP contribution in [0.3, 0.4) is 0 Å². The summed E-state index contributed by atoms with van der Waals surface area (Å²) >= 11 is 3.62. The highest BCUT2D eigenvalue weighted by Crippen LogP contribution is 2.35. The molecule has 1 N–H and O–H groups in total. The van der Waals surface area contributed by atoms with Crippen molar-refractivity contribution in [2.75, 3.05) is 33.3 Å². The average molecular weight is 355 g/mol. The van der Waals surface area contributed by atoms with Crippen LogP contribution in [0.5, 0.6) is 5.75 Å². The van der Waals surface area contributed by atoms with Crippen LogP contribution in [0.1, 0.15) is 44.2 Å². The maximum Gasteiger partial charge on any atom is 0.123 e. The molecule has 118 valence electrons. The van der Waals surface area contributed by atoms with Gasteiger partial charge in [-0.2, -0.15) is 0 Å². The number of hydrogen-bond donors (Lipinski definition) is 1. The minimum absolute atomic E-state index is 0.456. The summed E-state index contributed by atoms with van der Waals surface area (Å²) in [6.45, 7) is 6.76. The van der Waals surface area contributed by atoms with Crippen LogP contribution in [0.15, 0.2) is 22.7 Å². The molecule has 1 aliphatic rings. The minimum atomic E-state index is 0.456. The Labute approximate surface area is 137 Å². The van der Waals surface area contributed by atoms with Gasteiger partial charge in [-0.15, -0.1) is 0 Å². The zero-order valence-corrected chi connectivity index (χ0v) is 14.8. The van der Waals surface area contributed by atoms with E-state index >= 15 is 0 Å². The van der Waals surface area contributed by atoms with Gasteiger partial charge in [0, 0.05) is 35.7 Å². The highest BCUT2D eigenvalue weighted by Gasteiger charge is 2.24. The smallest absolute Gasteiger partial charge is 0.123 e. The number of nitrogens with one attached hydrogen (secondary N) is 1. The average Bonchev–Trinajstić information content (AvgIpc) is 2.77. The van der Waals surface area contributed by atoms with Crippen molar-refractivity contribution in [2.45, 2.75) is 38.6 Å². The number of nitrogens with zero attached hydrogens (tertiary/aromatic N) is 1. The molecule has 2 rings (SSSR count). The van der Waals surface area contributed by atoms with Gasteiger partial charge in [0.25, 0.3) is 0 Å². The Kier molecular flexibility index (Phi) is 7.00. The number of halogens is 1. The molecule has 0 radical (unpaired) electrons. The summed E-state index contributed by atoms with van der Waals surface area (Å²) in [5.74, 6) is 1.01. The van der Waals surface area contributed by atoms with Crippen molar-refractivity contribution in [3.05, 3.63) is 28.2 Å². The Morgan fingerprint density at radius 3 is 2.95 bits per heavy atom. The third-order valence-corrected chi connectivity index (χ3v) is 4.69. The Morgan fingerprint density at radius 1 is 1.33 bits per heavy atom. The third-order valence-electron chi connectivity index (χ3n) is 4.20. The fourth-order valence-electron chi connectivity index (χ4n) is 3.08. The van der Waals surface area contributed by atoms with Gasteiger partial charge in [-0.3, -0.25) is 4.90 Å². The number of hydrogen-bond acceptors (Lipinski definition) is 3. The van der Waals surface area contributed by atoms with Gasteiger partial charge in [-0.1, -0.05) is 35.7 Å². The molecular formula is C17H27BrN2O. The number of ether oxygens (including phenoxy) is 1. The largest absolute Gasteiger partial charge is 0.496 e. The first-order valence-corrected chi connectivity index (χ1v) is 8.83. The summed E-state index contributed by atoms with van der Waals surface area (Å²) in [6.07, 6.45) is 4.91. The van der Waals surface area contributed by atoms with Crippen LogP contribution >= 0.6 is 15.9 Å². The van der Waals surface area contributed by atoms with Gasteiger partial charge >= 0.3 is 0 Å². The zero-order chi connectivity index (χ0) is 15.1. The van der Waals surface area contributed by atoms with E-state index in [1.54, 1.807) is 7.11 Å². The number of benzene rings is 1. The van der Waals surface area contributed by atoms with Crippen molar-refractivity contribution in [3.8, 4) is 5.75 Å². The van der Waals surface area contributed by atoms with Gasteiger partial charge in [0.05, 0.1) is 7.11 Å². The molecule has 1 atom stereocenters. The van der Waals surface area contributed by atoms with Crippen LogP contribution in [-0.4, -0.2) is 38.2 Å². The van der Waals surface area contributed by atoms with E-state index in [9.17, 15) is 0 Å². The Bertz CT molecular complexity index is 431. The number of methoxy groups -OCH3 is 1. The molecule has 0 amide bonds. The first-order chi connectivity index (χ1) is 10.3. The van der Waals surface area contributed by atoms with Crippen molar-refractivity contribution in [1.29, 1.82) is 0 Å². The van der Waals surface area contributed by atoms with Crippen molar-refractivity contribution >= 4 is 15.9 Å². The van der Waals surface area contributed by atoms with Crippen molar-refractivity contribution < 1.29 is 4.74 Å². The predicted octanol–water partition coefficient (Wildman–Crippen LogP) is 3.98. The maximum atomic E-state index is 5.62. The lowest BCUT2D eigenvalue weighted by atomic mass is 9.98. The molecular weight excluding hydrogens is 328 g/mol. The second-order valence-electron chi connectivity index (χ2n) is 5.68. The third kappa shape index (κ3) is 4.70. The van der Waals surface area contributed by atoms with E-state index in [1.807, 2.05) is 0 Å². The van der Waals surface area contributed by atoms with E-state index < -0.39 is 0 Å². The Morgan fingerprint density at radius 2 is 2.19 bits per heavy atom. The van der Waals surface area contributed by atoms with E-state index in [4.69, 9.17) is 4.74 Å². The van der Waals surface area contributed by atoms with E-state index in [1.165, 1.54) is 31.2 Å². The van der Waals surface area contributed by atoms with Crippen molar-refractivity contribution in [1.82, 2.24) is 10.2 Å². The van der Waals surface area contributed by atoms with Crippen molar-refractivity contribution in [2.24, 2.45) is 0 Å². The lowest BCUT2D eigenvalue weighted by molar-refractivity contribution is 0.193. The standard InChI is InChI=1S/C17H27BrN2O/c1-3-4-6-16(20-11-5-9-19-10-12-20)15-13-14(18)7-8-17(15)21-2/h7-8,13,16,19H,3-6,9-12H2,1-2H3. The fraction of sp³-hybridized carbons (Fsp3) is 0.647. The monoisotopic (exact) mass is 354 g/mol. The van der Waals surface area contributed by atoms with Crippen LogP contribution in [0, 0.1) is 0 Å². The molecule has 1 aromatic rings. The van der Waals surface area contributed by atoms with Crippen LogP contribution in [0.2, 0.25) is 0 Å². The summed E-state index contributed by atoms with van der Waals surface area (Å²) < 4.78 is 6.75. The zero-order valence-electron chi connectivity index (χ0n) is 13.2. The maximum absolute atomic E-state index is 5.62. The fourth-order valence-corrected chi connectivity index (χ4v) is 3.45. The molecule has 0 aliphatic carbocycles. The quantitative estimate of drug-likeness (QED) is 0.835. The van der Waals surface area contributed by atoms with Crippen LogP contribution in [0.4, 0.5) is 0 Å². The topological polar surface area (TPSA) is 24.5 Å². The molecule has 3 nitrogen and oxygen atoms in total. The first kappa shape index (κ1) is 16.8. The molecule has 1 saturated heterocycles. The highest BCUT2D eigenvalue weighted by atomic mass is 79.9. The van der Waals surface area contributed by atoms with E-state index in [0.717, 1.165) is 36.4 Å². The van der Waals surface area contributed by atoms with Crippen LogP contribution < -0.4 is 10.1 Å². The molecule has 4 heteroatoms. The molecule has 0 aromatic heterocycles. The van der Waals surface area contributed by atoms with Gasteiger partial charge in [0.1, 0.15) is 5.75 Å². The van der Waals surface area contributed by atoms with Gasteiger partial charge < -0.3 is 10.1 Å². The second kappa shape index (κ2) is 8.76. The summed E-state index contributed by atoms with van der Waals surface area (Å²) in [4.78, 5) is 2.62. The lowest BCUT2D eigenvalue weighted by Crippen LogP contribution is -2.32. The molecule has 1 aliphatic heterocycles. The molecule has 21 heavy (non-hydrogen) atoms. The molecule has 1 unspecified atom stereocenters. The van der Waals surface area contributed by atoms with E-state index in [-0.39, 0.29) is 0 Å². The van der Waals surface area contributed by atoms with E-state index in [2.05, 4.69) is 51.3 Å². The van der Waals surface area contributed by atoms with Crippen LogP contribution in [0.25, 0.3) is 0 Å². The summed E-state index contributed by atoms with van der Waals surface area (Å²) in [5, 5.41) is 3.50. The SMILES string of the molecule is CCCCC(c1cc(Br)ccc1OC)N1CCCNCC1. The minimum Gasteiger partial charge on any atom is -0.496 e. The number of rotatable bonds is 6.